The number of ether oxygens (including phenoxy) is 1. The molecule has 2 N–H and O–H groups in total. The number of halogens is 1. The molecule has 0 spiro atoms. The minimum atomic E-state index is -3.86. The molecule has 0 bridgehead atoms. The summed E-state index contributed by atoms with van der Waals surface area (Å²) in [5, 5.41) is 10.3. The third kappa shape index (κ3) is 3.46. The number of methoxy groups -OCH3 is 1. The normalized spacial score (nSPS) is 11.1. The number of thiophene rings is 1. The minimum Gasteiger partial charge on any atom is -0.495 e. The van der Waals surface area contributed by atoms with E-state index >= 15 is 0 Å². The molecule has 0 aliphatic rings. The van der Waals surface area contributed by atoms with Crippen LogP contribution in [0.25, 0.3) is 0 Å². The van der Waals surface area contributed by atoms with Gasteiger partial charge in [0.2, 0.25) is 0 Å². The third-order valence-electron chi connectivity index (χ3n) is 2.50. The highest BCUT2D eigenvalue weighted by atomic mass is 35.5. The number of hydrogen-bond acceptors (Lipinski definition) is 5. The second kappa shape index (κ2) is 5.92. The van der Waals surface area contributed by atoms with Crippen LogP contribution in [0.5, 0.6) is 5.75 Å². The minimum absolute atomic E-state index is 0.0526. The van der Waals surface area contributed by atoms with Crippen LogP contribution in [-0.4, -0.2) is 26.6 Å². The monoisotopic (exact) mass is 347 g/mol. The molecule has 0 atom stereocenters. The van der Waals surface area contributed by atoms with Crippen LogP contribution < -0.4 is 9.46 Å². The zero-order valence-corrected chi connectivity index (χ0v) is 13.1. The lowest BCUT2D eigenvalue weighted by molar-refractivity contribution is 0.0702. The number of carbonyl (C=O) groups is 1. The summed E-state index contributed by atoms with van der Waals surface area (Å²) < 4.78 is 31.6. The van der Waals surface area contributed by atoms with Crippen molar-refractivity contribution in [2.24, 2.45) is 0 Å². The summed E-state index contributed by atoms with van der Waals surface area (Å²) >= 11 is 6.75. The maximum absolute atomic E-state index is 12.1. The summed E-state index contributed by atoms with van der Waals surface area (Å²) in [7, 11) is -2.42. The first-order valence-corrected chi connectivity index (χ1v) is 8.26. The van der Waals surface area contributed by atoms with Gasteiger partial charge in [-0.2, -0.15) is 0 Å². The van der Waals surface area contributed by atoms with Crippen LogP contribution in [-0.2, 0) is 10.0 Å². The molecule has 1 heterocycles. The molecule has 0 aliphatic heterocycles. The summed E-state index contributed by atoms with van der Waals surface area (Å²) in [5.74, 6) is -0.753. The standard InChI is InChI=1S/C12H10ClNO5S2/c1-19-10-3-2-7(4-9(10)13)14-21(17,18)8-5-11(12(15)16)20-6-8/h2-6,14H,1H3,(H,15,16). The number of sulfonamides is 1. The molecule has 1 aromatic carbocycles. The lowest BCUT2D eigenvalue weighted by atomic mass is 10.3. The van der Waals surface area contributed by atoms with E-state index in [0.717, 1.165) is 17.4 Å². The zero-order chi connectivity index (χ0) is 15.6. The van der Waals surface area contributed by atoms with Gasteiger partial charge in [0.15, 0.2) is 0 Å². The fourth-order valence-electron chi connectivity index (χ4n) is 1.52. The molecule has 0 aliphatic carbocycles. The predicted octanol–water partition coefficient (Wildman–Crippen LogP) is 2.91. The van der Waals surface area contributed by atoms with Gasteiger partial charge in [-0.1, -0.05) is 11.6 Å². The van der Waals surface area contributed by atoms with Gasteiger partial charge >= 0.3 is 5.97 Å². The van der Waals surface area contributed by atoms with Crippen molar-refractivity contribution in [1.29, 1.82) is 0 Å². The van der Waals surface area contributed by atoms with E-state index in [1.165, 1.54) is 30.7 Å². The summed E-state index contributed by atoms with van der Waals surface area (Å²) in [6.07, 6.45) is 0. The largest absolute Gasteiger partial charge is 0.495 e. The second-order valence-corrected chi connectivity index (χ2v) is 6.91. The van der Waals surface area contributed by atoms with Crippen molar-refractivity contribution in [1.82, 2.24) is 0 Å². The molecular formula is C12H10ClNO5S2. The Balaban J connectivity index is 2.28. The lowest BCUT2D eigenvalue weighted by Crippen LogP contribution is -2.12. The fraction of sp³-hybridized carbons (Fsp3) is 0.0833. The fourth-order valence-corrected chi connectivity index (χ4v) is 3.93. The molecule has 0 saturated carbocycles. The number of carboxylic acid groups (broad SMARTS) is 1. The molecule has 0 fully saturated rings. The summed E-state index contributed by atoms with van der Waals surface area (Å²) in [4.78, 5) is 10.6. The number of nitrogens with one attached hydrogen (secondary N) is 1. The molecule has 21 heavy (non-hydrogen) atoms. The Hall–Kier alpha value is -1.77. The Labute approximate surface area is 130 Å². The predicted molar refractivity (Wildman–Crippen MR) is 80.1 cm³/mol. The van der Waals surface area contributed by atoms with Gasteiger partial charge in [-0.05, 0) is 24.3 Å². The molecule has 6 nitrogen and oxygen atoms in total. The summed E-state index contributed by atoms with van der Waals surface area (Å²) in [6, 6.07) is 5.52. The van der Waals surface area contributed by atoms with Crippen molar-refractivity contribution in [2.75, 3.05) is 11.8 Å². The van der Waals surface area contributed by atoms with Crippen LogP contribution in [0, 0.1) is 0 Å². The Morgan fingerprint density at radius 3 is 2.62 bits per heavy atom. The van der Waals surface area contributed by atoms with E-state index in [1.807, 2.05) is 0 Å². The molecule has 112 valence electrons. The molecule has 0 saturated heterocycles. The molecule has 1 aromatic heterocycles. The van der Waals surface area contributed by atoms with Crippen LogP contribution >= 0.6 is 22.9 Å². The quantitative estimate of drug-likeness (QED) is 0.867. The Kier molecular flexibility index (Phi) is 4.40. The number of anilines is 1. The van der Waals surface area contributed by atoms with E-state index in [4.69, 9.17) is 21.4 Å². The molecule has 2 aromatic rings. The maximum atomic E-state index is 12.1. The highest BCUT2D eigenvalue weighted by molar-refractivity contribution is 7.92. The van der Waals surface area contributed by atoms with Crippen molar-refractivity contribution < 1.29 is 23.1 Å². The van der Waals surface area contributed by atoms with E-state index in [9.17, 15) is 13.2 Å². The molecular weight excluding hydrogens is 338 g/mol. The van der Waals surface area contributed by atoms with Crippen LogP contribution in [0.3, 0.4) is 0 Å². The van der Waals surface area contributed by atoms with Gasteiger partial charge in [0, 0.05) is 5.38 Å². The topological polar surface area (TPSA) is 92.7 Å². The smallest absolute Gasteiger partial charge is 0.345 e. The van der Waals surface area contributed by atoms with Gasteiger partial charge in [-0.3, -0.25) is 4.72 Å². The average molecular weight is 348 g/mol. The first-order chi connectivity index (χ1) is 9.83. The van der Waals surface area contributed by atoms with Crippen molar-refractivity contribution in [3.8, 4) is 5.75 Å². The maximum Gasteiger partial charge on any atom is 0.345 e. The van der Waals surface area contributed by atoms with Crippen molar-refractivity contribution in [3.05, 3.63) is 39.5 Å². The SMILES string of the molecule is COc1ccc(NS(=O)(=O)c2csc(C(=O)O)c2)cc1Cl. The lowest BCUT2D eigenvalue weighted by Gasteiger charge is -2.08. The number of carboxylic acids is 1. The molecule has 0 amide bonds. The first-order valence-electron chi connectivity index (χ1n) is 5.51. The van der Waals surface area contributed by atoms with Crippen LogP contribution in [0.1, 0.15) is 9.67 Å². The second-order valence-electron chi connectivity index (χ2n) is 3.91. The average Bonchev–Trinajstić information content (AvgIpc) is 2.89. The van der Waals surface area contributed by atoms with E-state index < -0.39 is 16.0 Å². The molecule has 0 radical (unpaired) electrons. The molecule has 2 rings (SSSR count). The number of rotatable bonds is 5. The molecule has 0 unspecified atom stereocenters. The summed E-state index contributed by atoms with van der Waals surface area (Å²) in [6.45, 7) is 0. The van der Waals surface area contributed by atoms with Crippen LogP contribution in [0.15, 0.2) is 34.5 Å². The van der Waals surface area contributed by atoms with Gasteiger partial charge in [0.25, 0.3) is 10.0 Å². The van der Waals surface area contributed by atoms with E-state index in [2.05, 4.69) is 4.72 Å². The highest BCUT2D eigenvalue weighted by Gasteiger charge is 2.19. The van der Waals surface area contributed by atoms with Gasteiger partial charge in [0.1, 0.15) is 10.6 Å². The third-order valence-corrected chi connectivity index (χ3v) is 5.22. The van der Waals surface area contributed by atoms with Crippen molar-refractivity contribution in [3.63, 3.8) is 0 Å². The van der Waals surface area contributed by atoms with E-state index in [1.54, 1.807) is 0 Å². The van der Waals surface area contributed by atoms with E-state index in [0.29, 0.717) is 5.75 Å². The van der Waals surface area contributed by atoms with Crippen molar-refractivity contribution in [2.45, 2.75) is 4.90 Å². The number of aromatic carboxylic acids is 1. The van der Waals surface area contributed by atoms with Gasteiger partial charge in [-0.15, -0.1) is 11.3 Å². The van der Waals surface area contributed by atoms with Gasteiger partial charge < -0.3 is 9.84 Å². The Bertz CT molecular complexity index is 785. The number of hydrogen-bond donors (Lipinski definition) is 2. The Morgan fingerprint density at radius 1 is 1.38 bits per heavy atom. The Morgan fingerprint density at radius 2 is 2.10 bits per heavy atom. The van der Waals surface area contributed by atoms with Crippen molar-refractivity contribution >= 4 is 44.6 Å². The van der Waals surface area contributed by atoms with Gasteiger partial charge in [0.05, 0.1) is 22.7 Å². The highest BCUT2D eigenvalue weighted by Crippen LogP contribution is 2.29. The first kappa shape index (κ1) is 15.6. The van der Waals surface area contributed by atoms with Gasteiger partial charge in [-0.25, -0.2) is 13.2 Å². The zero-order valence-electron chi connectivity index (χ0n) is 10.7. The van der Waals surface area contributed by atoms with E-state index in [-0.39, 0.29) is 20.5 Å². The van der Waals surface area contributed by atoms with Crippen LogP contribution in [0.4, 0.5) is 5.69 Å². The van der Waals surface area contributed by atoms with Crippen LogP contribution in [0.2, 0.25) is 5.02 Å². The number of benzene rings is 1. The summed E-state index contributed by atoms with van der Waals surface area (Å²) in [5.41, 5.74) is 0.254. The molecule has 9 heteroatoms.